The van der Waals surface area contributed by atoms with Gasteiger partial charge in [-0.1, -0.05) is 11.6 Å². The Labute approximate surface area is 92.6 Å². The summed E-state index contributed by atoms with van der Waals surface area (Å²) in [6.07, 6.45) is 1.11. The Bertz CT molecular complexity index is 414. The largest absolute Gasteiger partial charge is 0.496 e. The van der Waals surface area contributed by atoms with Gasteiger partial charge in [0.15, 0.2) is 5.82 Å². The summed E-state index contributed by atoms with van der Waals surface area (Å²) in [6, 6.07) is 1.50. The SMILES string of the molecule is COc1c(C)cc(Cl)c(F)c1C1(O)CC1. The van der Waals surface area contributed by atoms with Crippen LogP contribution in [-0.4, -0.2) is 12.2 Å². The van der Waals surface area contributed by atoms with Gasteiger partial charge in [0.05, 0.1) is 23.3 Å². The van der Waals surface area contributed by atoms with Crippen molar-refractivity contribution in [1.82, 2.24) is 0 Å². The minimum absolute atomic E-state index is 0.0311. The van der Waals surface area contributed by atoms with Gasteiger partial charge in [0.1, 0.15) is 5.75 Å². The number of halogens is 2. The maximum Gasteiger partial charge on any atom is 0.151 e. The van der Waals surface area contributed by atoms with Gasteiger partial charge in [0.25, 0.3) is 0 Å². The summed E-state index contributed by atoms with van der Waals surface area (Å²) in [5.41, 5.74) is -0.139. The maximum absolute atomic E-state index is 13.8. The summed E-state index contributed by atoms with van der Waals surface area (Å²) in [7, 11) is 1.46. The number of aryl methyl sites for hydroxylation is 1. The molecule has 0 spiro atoms. The summed E-state index contributed by atoms with van der Waals surface area (Å²) < 4.78 is 18.9. The van der Waals surface area contributed by atoms with Gasteiger partial charge in [-0.25, -0.2) is 4.39 Å². The Kier molecular flexibility index (Phi) is 2.40. The highest BCUT2D eigenvalue weighted by Crippen LogP contribution is 2.51. The molecule has 0 amide bonds. The molecule has 1 aliphatic carbocycles. The van der Waals surface area contributed by atoms with E-state index in [9.17, 15) is 9.50 Å². The molecule has 2 rings (SSSR count). The molecule has 0 aromatic heterocycles. The molecule has 0 bridgehead atoms. The van der Waals surface area contributed by atoms with Crippen molar-refractivity contribution in [3.05, 3.63) is 28.0 Å². The van der Waals surface area contributed by atoms with Gasteiger partial charge >= 0.3 is 0 Å². The van der Waals surface area contributed by atoms with E-state index in [2.05, 4.69) is 0 Å². The van der Waals surface area contributed by atoms with Gasteiger partial charge in [-0.2, -0.15) is 0 Å². The third-order valence-corrected chi connectivity index (χ3v) is 3.03. The van der Waals surface area contributed by atoms with Gasteiger partial charge in [-0.15, -0.1) is 0 Å². The van der Waals surface area contributed by atoms with Crippen molar-refractivity contribution in [2.45, 2.75) is 25.4 Å². The number of benzene rings is 1. The first-order valence-electron chi connectivity index (χ1n) is 4.75. The van der Waals surface area contributed by atoms with Gasteiger partial charge in [-0.05, 0) is 31.4 Å². The number of hydrogen-bond acceptors (Lipinski definition) is 2. The van der Waals surface area contributed by atoms with E-state index in [0.717, 1.165) is 5.56 Å². The van der Waals surface area contributed by atoms with Crippen molar-refractivity contribution < 1.29 is 14.2 Å². The highest BCUT2D eigenvalue weighted by molar-refractivity contribution is 6.31. The minimum atomic E-state index is -1.08. The molecule has 1 fully saturated rings. The molecule has 1 aromatic carbocycles. The zero-order chi connectivity index (χ0) is 11.2. The Balaban J connectivity index is 2.68. The molecule has 1 saturated carbocycles. The number of rotatable bonds is 2. The fourth-order valence-corrected chi connectivity index (χ4v) is 2.04. The maximum atomic E-state index is 13.8. The fraction of sp³-hybridized carbons (Fsp3) is 0.455. The van der Waals surface area contributed by atoms with Gasteiger partial charge in [0.2, 0.25) is 0 Å². The van der Waals surface area contributed by atoms with Crippen LogP contribution < -0.4 is 4.74 Å². The molecule has 1 aromatic rings. The molecule has 2 nitrogen and oxygen atoms in total. The monoisotopic (exact) mass is 230 g/mol. The molecule has 0 unspecified atom stereocenters. The first-order valence-corrected chi connectivity index (χ1v) is 5.13. The van der Waals surface area contributed by atoms with Crippen molar-refractivity contribution in [3.63, 3.8) is 0 Å². The molecule has 15 heavy (non-hydrogen) atoms. The first kappa shape index (κ1) is 10.7. The van der Waals surface area contributed by atoms with Crippen LogP contribution in [0.1, 0.15) is 24.0 Å². The summed E-state index contributed by atoms with van der Waals surface area (Å²) in [6.45, 7) is 1.78. The summed E-state index contributed by atoms with van der Waals surface area (Å²) in [5.74, 6) is -0.170. The zero-order valence-electron chi connectivity index (χ0n) is 8.60. The smallest absolute Gasteiger partial charge is 0.151 e. The van der Waals surface area contributed by atoms with E-state index in [0.29, 0.717) is 18.6 Å². The highest BCUT2D eigenvalue weighted by atomic mass is 35.5. The van der Waals surface area contributed by atoms with Gasteiger partial charge in [-0.3, -0.25) is 0 Å². The van der Waals surface area contributed by atoms with Gasteiger partial charge in [0, 0.05) is 0 Å². The average molecular weight is 231 g/mol. The molecule has 0 aliphatic heterocycles. The van der Waals surface area contributed by atoms with E-state index in [4.69, 9.17) is 16.3 Å². The van der Waals surface area contributed by atoms with E-state index in [1.54, 1.807) is 6.92 Å². The van der Waals surface area contributed by atoms with Crippen LogP contribution in [0.4, 0.5) is 4.39 Å². The van der Waals surface area contributed by atoms with Crippen molar-refractivity contribution in [1.29, 1.82) is 0 Å². The Hall–Kier alpha value is -0.800. The summed E-state index contributed by atoms with van der Waals surface area (Å²) in [4.78, 5) is 0. The number of hydrogen-bond donors (Lipinski definition) is 1. The summed E-state index contributed by atoms with van der Waals surface area (Å²) >= 11 is 5.74. The highest BCUT2D eigenvalue weighted by Gasteiger charge is 2.47. The number of methoxy groups -OCH3 is 1. The Morgan fingerprint density at radius 2 is 2.13 bits per heavy atom. The molecule has 0 heterocycles. The van der Waals surface area contributed by atoms with E-state index in [1.165, 1.54) is 13.2 Å². The molecular formula is C11H12ClFO2. The lowest BCUT2D eigenvalue weighted by Crippen LogP contribution is -2.11. The quantitative estimate of drug-likeness (QED) is 0.847. The Morgan fingerprint density at radius 3 is 2.60 bits per heavy atom. The zero-order valence-corrected chi connectivity index (χ0v) is 9.36. The van der Waals surface area contributed by atoms with E-state index < -0.39 is 11.4 Å². The van der Waals surface area contributed by atoms with Crippen molar-refractivity contribution in [2.24, 2.45) is 0 Å². The summed E-state index contributed by atoms with van der Waals surface area (Å²) in [5, 5.41) is 9.99. The molecule has 4 heteroatoms. The average Bonchev–Trinajstić information content (AvgIpc) is 2.90. The molecule has 0 atom stereocenters. The molecule has 1 N–H and O–H groups in total. The van der Waals surface area contributed by atoms with Crippen LogP contribution in [0.5, 0.6) is 5.75 Å². The predicted molar refractivity (Wildman–Crippen MR) is 55.8 cm³/mol. The van der Waals surface area contributed by atoms with Crippen LogP contribution in [0.2, 0.25) is 5.02 Å². The van der Waals surface area contributed by atoms with Crippen LogP contribution in [-0.2, 0) is 5.60 Å². The number of aliphatic hydroxyl groups is 1. The topological polar surface area (TPSA) is 29.5 Å². The number of ether oxygens (including phenoxy) is 1. The molecule has 1 aliphatic rings. The lowest BCUT2D eigenvalue weighted by atomic mass is 10.0. The standard InChI is InChI=1S/C11H12ClFO2/c1-6-5-7(12)9(13)8(10(6)15-2)11(14)3-4-11/h5,14H,3-4H2,1-2H3. The van der Waals surface area contributed by atoms with E-state index >= 15 is 0 Å². The normalized spacial score (nSPS) is 17.7. The van der Waals surface area contributed by atoms with E-state index in [1.807, 2.05) is 0 Å². The van der Waals surface area contributed by atoms with Crippen molar-refractivity contribution >= 4 is 11.6 Å². The minimum Gasteiger partial charge on any atom is -0.496 e. The molecule has 82 valence electrons. The molecule has 0 saturated heterocycles. The van der Waals surface area contributed by atoms with Crippen LogP contribution in [0.15, 0.2) is 6.07 Å². The Morgan fingerprint density at radius 1 is 1.53 bits per heavy atom. The lowest BCUT2D eigenvalue weighted by molar-refractivity contribution is 0.142. The molecular weight excluding hydrogens is 219 g/mol. The van der Waals surface area contributed by atoms with Crippen LogP contribution in [0.25, 0.3) is 0 Å². The fourth-order valence-electron chi connectivity index (χ4n) is 1.78. The van der Waals surface area contributed by atoms with Crippen LogP contribution in [0, 0.1) is 12.7 Å². The van der Waals surface area contributed by atoms with Crippen LogP contribution in [0.3, 0.4) is 0 Å². The second-order valence-electron chi connectivity index (χ2n) is 3.93. The van der Waals surface area contributed by atoms with Crippen molar-refractivity contribution in [3.8, 4) is 5.75 Å². The third kappa shape index (κ3) is 1.60. The van der Waals surface area contributed by atoms with E-state index in [-0.39, 0.29) is 10.6 Å². The van der Waals surface area contributed by atoms with Gasteiger partial charge < -0.3 is 9.84 Å². The molecule has 0 radical (unpaired) electrons. The van der Waals surface area contributed by atoms with Crippen molar-refractivity contribution in [2.75, 3.05) is 7.11 Å². The second kappa shape index (κ2) is 3.35. The lowest BCUT2D eigenvalue weighted by Gasteiger charge is -2.17. The first-order chi connectivity index (χ1) is 6.99. The third-order valence-electron chi connectivity index (χ3n) is 2.75. The predicted octanol–water partition coefficient (Wildman–Crippen LogP) is 2.78. The second-order valence-corrected chi connectivity index (χ2v) is 4.34. The van der Waals surface area contributed by atoms with Crippen LogP contribution >= 0.6 is 11.6 Å².